The van der Waals surface area contributed by atoms with Crippen molar-refractivity contribution in [2.24, 2.45) is 0 Å². The molecule has 4 nitrogen and oxygen atoms in total. The molecule has 156 valence electrons. The van der Waals surface area contributed by atoms with Crippen LogP contribution in [-0.2, 0) is 11.8 Å². The molecular formula is C22H19Cl2O4PS. The van der Waals surface area contributed by atoms with Crippen LogP contribution >= 0.6 is 29.2 Å². The molecule has 0 saturated heterocycles. The Labute approximate surface area is 190 Å². The lowest BCUT2D eigenvalue weighted by Crippen LogP contribution is -2.23. The van der Waals surface area contributed by atoms with E-state index in [1.54, 1.807) is 60.7 Å². The molecule has 0 heterocycles. The third kappa shape index (κ3) is 4.21. The number of methoxy groups -OCH3 is 3. The van der Waals surface area contributed by atoms with Crippen LogP contribution in [0.4, 0.5) is 0 Å². The Morgan fingerprint density at radius 3 is 1.50 bits per heavy atom. The lowest BCUT2D eigenvalue weighted by atomic mass is 10.2. The lowest BCUT2D eigenvalue weighted by molar-refractivity contribution is 0.107. The first-order chi connectivity index (χ1) is 14.3. The Balaban J connectivity index is 2.30. The molecule has 0 bridgehead atoms. The summed E-state index contributed by atoms with van der Waals surface area (Å²) in [6, 6.07) is 14.3. The van der Waals surface area contributed by atoms with Gasteiger partial charge < -0.3 is 14.2 Å². The van der Waals surface area contributed by atoms with Gasteiger partial charge >= 0.3 is 0 Å². The van der Waals surface area contributed by atoms with Crippen molar-refractivity contribution in [2.75, 3.05) is 21.3 Å². The third-order valence-corrected chi connectivity index (χ3v) is 9.71. The van der Waals surface area contributed by atoms with Crippen LogP contribution in [0.3, 0.4) is 0 Å². The van der Waals surface area contributed by atoms with Crippen LogP contribution in [0.5, 0.6) is 17.2 Å². The summed E-state index contributed by atoms with van der Waals surface area (Å²) in [6.07, 6.45) is 0. The van der Waals surface area contributed by atoms with Gasteiger partial charge in [-0.1, -0.05) is 59.3 Å². The van der Waals surface area contributed by atoms with Crippen LogP contribution in [0.1, 0.15) is 10.4 Å². The predicted molar refractivity (Wildman–Crippen MR) is 127 cm³/mol. The van der Waals surface area contributed by atoms with Crippen LogP contribution < -0.4 is 24.8 Å². The summed E-state index contributed by atoms with van der Waals surface area (Å²) < 4.78 is 16.3. The van der Waals surface area contributed by atoms with E-state index < -0.39 is 6.04 Å². The highest BCUT2D eigenvalue weighted by atomic mass is 35.5. The maximum atomic E-state index is 14.1. The Morgan fingerprint density at radius 1 is 0.767 bits per heavy atom. The van der Waals surface area contributed by atoms with Gasteiger partial charge in [-0.25, -0.2) is 0 Å². The molecule has 0 aliphatic carbocycles. The smallest absolute Gasteiger partial charge is 0.209 e. The highest BCUT2D eigenvalue weighted by Gasteiger charge is 2.36. The number of hydrogen-bond acceptors (Lipinski definition) is 5. The first-order valence-electron chi connectivity index (χ1n) is 8.82. The van der Waals surface area contributed by atoms with Crippen LogP contribution in [0.15, 0.2) is 60.7 Å². The molecule has 0 saturated carbocycles. The first-order valence-corrected chi connectivity index (χ1v) is 12.4. The zero-order chi connectivity index (χ0) is 21.9. The normalized spacial score (nSPS) is 11.1. The van der Waals surface area contributed by atoms with Crippen molar-refractivity contribution in [3.8, 4) is 17.2 Å². The summed E-state index contributed by atoms with van der Waals surface area (Å²) in [5.74, 6) is 1.16. The molecule has 0 radical (unpaired) electrons. The van der Waals surface area contributed by atoms with Gasteiger partial charge in [0, 0.05) is 22.2 Å². The fourth-order valence-electron chi connectivity index (χ4n) is 3.06. The third-order valence-electron chi connectivity index (χ3n) is 4.60. The molecule has 0 unspecified atom stereocenters. The summed E-state index contributed by atoms with van der Waals surface area (Å²) >= 11 is 18.3. The van der Waals surface area contributed by atoms with E-state index in [1.165, 1.54) is 21.3 Å². The molecule has 30 heavy (non-hydrogen) atoms. The average Bonchev–Trinajstić information content (AvgIpc) is 2.77. The molecule has 0 spiro atoms. The fraction of sp³-hybridized carbons (Fsp3) is 0.136. The van der Waals surface area contributed by atoms with Crippen LogP contribution in [0.2, 0.25) is 10.0 Å². The minimum absolute atomic E-state index is 0.265. The number of hydrogen-bond donors (Lipinski definition) is 0. The zero-order valence-electron chi connectivity index (χ0n) is 16.5. The Kier molecular flexibility index (Phi) is 7.10. The molecule has 8 heteroatoms. The Bertz CT molecular complexity index is 1040. The first kappa shape index (κ1) is 22.6. The number of carbonyl (C=O) groups is 1. The predicted octanol–water partition coefficient (Wildman–Crippen LogP) is 5.29. The molecule has 3 rings (SSSR count). The second kappa shape index (κ2) is 9.40. The van der Waals surface area contributed by atoms with Gasteiger partial charge in [0.2, 0.25) is 5.52 Å². The van der Waals surface area contributed by atoms with Gasteiger partial charge in [-0.2, -0.15) is 0 Å². The topological polar surface area (TPSA) is 44.8 Å². The minimum Gasteiger partial charge on any atom is -0.496 e. The monoisotopic (exact) mass is 480 g/mol. The van der Waals surface area contributed by atoms with Crippen LogP contribution in [0, 0.1) is 0 Å². The Hall–Kier alpha value is -2.04. The van der Waals surface area contributed by atoms with Crippen molar-refractivity contribution in [1.29, 1.82) is 0 Å². The van der Waals surface area contributed by atoms with Gasteiger partial charge in [-0.15, -0.1) is 0 Å². The average molecular weight is 481 g/mol. The maximum Gasteiger partial charge on any atom is 0.209 e. The second-order valence-electron chi connectivity index (χ2n) is 6.27. The van der Waals surface area contributed by atoms with E-state index in [0.717, 1.165) is 0 Å². The number of ether oxygens (including phenoxy) is 3. The maximum absolute atomic E-state index is 14.1. The van der Waals surface area contributed by atoms with E-state index in [9.17, 15) is 4.79 Å². The molecule has 3 aromatic carbocycles. The van der Waals surface area contributed by atoms with Gasteiger partial charge in [0.1, 0.15) is 22.8 Å². The lowest BCUT2D eigenvalue weighted by Gasteiger charge is -2.24. The van der Waals surface area contributed by atoms with E-state index in [4.69, 9.17) is 49.2 Å². The van der Waals surface area contributed by atoms with Crippen molar-refractivity contribution in [1.82, 2.24) is 0 Å². The molecule has 0 aliphatic heterocycles. The van der Waals surface area contributed by atoms with Gasteiger partial charge in [-0.3, -0.25) is 4.79 Å². The number of carbonyl (C=O) groups excluding carboxylic acids is 1. The summed E-state index contributed by atoms with van der Waals surface area (Å²) in [7, 11) is 4.50. The summed E-state index contributed by atoms with van der Waals surface area (Å²) in [5.41, 5.74) is 0.00697. The number of rotatable bonds is 7. The largest absolute Gasteiger partial charge is 0.496 e. The van der Waals surface area contributed by atoms with E-state index in [-0.39, 0.29) is 11.1 Å². The molecule has 0 aromatic heterocycles. The van der Waals surface area contributed by atoms with Gasteiger partial charge in [0.15, 0.2) is 0 Å². The molecule has 0 atom stereocenters. The molecule has 0 amide bonds. The van der Waals surface area contributed by atoms with Crippen molar-refractivity contribution in [3.05, 3.63) is 76.3 Å². The number of benzene rings is 3. The quantitative estimate of drug-likeness (QED) is 0.430. The van der Waals surface area contributed by atoms with Crippen molar-refractivity contribution in [3.63, 3.8) is 0 Å². The van der Waals surface area contributed by atoms with Crippen LogP contribution in [0.25, 0.3) is 0 Å². The SMILES string of the molecule is COc1cc(OC)c(C(=O)P(=S)(c2ccc(Cl)cc2)c2ccc(Cl)cc2)c(OC)c1. The van der Waals surface area contributed by atoms with E-state index >= 15 is 0 Å². The summed E-state index contributed by atoms with van der Waals surface area (Å²) in [6.45, 7) is 0. The van der Waals surface area contributed by atoms with E-state index in [1.807, 2.05) is 0 Å². The molecular weight excluding hydrogens is 462 g/mol. The van der Waals surface area contributed by atoms with E-state index in [2.05, 4.69) is 0 Å². The molecule has 0 N–H and O–H groups in total. The summed E-state index contributed by atoms with van der Waals surface area (Å²) in [4.78, 5) is 14.1. The van der Waals surface area contributed by atoms with Gasteiger partial charge in [0.05, 0.1) is 27.4 Å². The number of halogens is 2. The summed E-state index contributed by atoms with van der Waals surface area (Å²) in [5, 5.41) is 2.52. The highest BCUT2D eigenvalue weighted by Crippen LogP contribution is 2.51. The van der Waals surface area contributed by atoms with Crippen molar-refractivity contribution < 1.29 is 19.0 Å². The van der Waals surface area contributed by atoms with Crippen molar-refractivity contribution in [2.45, 2.75) is 0 Å². The molecule has 3 aromatic rings. The van der Waals surface area contributed by atoms with Gasteiger partial charge in [0.25, 0.3) is 0 Å². The molecule has 0 aliphatic rings. The fourth-order valence-corrected chi connectivity index (χ4v) is 6.76. The van der Waals surface area contributed by atoms with E-state index in [0.29, 0.717) is 37.9 Å². The van der Waals surface area contributed by atoms with Gasteiger partial charge in [-0.05, 0) is 34.9 Å². The molecule has 0 fully saturated rings. The minimum atomic E-state index is -3.00. The zero-order valence-corrected chi connectivity index (χ0v) is 19.7. The van der Waals surface area contributed by atoms with Crippen LogP contribution in [-0.4, -0.2) is 26.9 Å². The second-order valence-corrected chi connectivity index (χ2v) is 11.4. The Morgan fingerprint density at radius 2 is 1.17 bits per heavy atom. The standard InChI is InChI=1S/C22H19Cl2O4PS/c1-26-16-12-19(27-2)21(20(13-16)28-3)22(25)29(30,17-8-4-14(23)5-9-17)18-10-6-15(24)7-11-18/h4-13H,1-3H3. The van der Waals surface area contributed by atoms with Crippen molar-refractivity contribution >= 4 is 57.2 Å². The highest BCUT2D eigenvalue weighted by molar-refractivity contribution is 8.30.